The lowest BCUT2D eigenvalue weighted by molar-refractivity contribution is 0.296. The molecule has 36 heavy (non-hydrogen) atoms. The van der Waals surface area contributed by atoms with Gasteiger partial charge in [-0.3, -0.25) is 19.1 Å². The summed E-state index contributed by atoms with van der Waals surface area (Å²) >= 11 is 0. The lowest BCUT2D eigenvalue weighted by Crippen LogP contribution is -2.41. The summed E-state index contributed by atoms with van der Waals surface area (Å²) in [6.07, 6.45) is 2.88. The van der Waals surface area contributed by atoms with Gasteiger partial charge in [0.15, 0.2) is 5.43 Å². The molecule has 0 spiro atoms. The topological polar surface area (TPSA) is 110 Å². The molecule has 0 amide bonds. The van der Waals surface area contributed by atoms with Crippen LogP contribution in [-0.4, -0.2) is 28.9 Å². The first-order chi connectivity index (χ1) is 17.5. The molecule has 0 saturated heterocycles. The third-order valence-electron chi connectivity index (χ3n) is 6.46. The molecule has 5 rings (SSSR count). The van der Waals surface area contributed by atoms with Crippen molar-refractivity contribution >= 4 is 22.5 Å². The molecule has 2 N–H and O–H groups in total. The third kappa shape index (κ3) is 4.17. The summed E-state index contributed by atoms with van der Waals surface area (Å²) < 4.78 is 13.4. The molecule has 4 aromatic rings. The lowest BCUT2D eigenvalue weighted by atomic mass is 10.1. The molecule has 0 fully saturated rings. The van der Waals surface area contributed by atoms with Crippen molar-refractivity contribution in [2.45, 2.75) is 39.4 Å². The van der Waals surface area contributed by atoms with Crippen LogP contribution in [-0.2, 0) is 6.54 Å². The quantitative estimate of drug-likeness (QED) is 0.389. The number of ether oxygens (including phenoxy) is 1. The van der Waals surface area contributed by atoms with E-state index in [1.54, 1.807) is 22.8 Å². The Morgan fingerprint density at radius 1 is 1.06 bits per heavy atom. The zero-order valence-electron chi connectivity index (χ0n) is 20.2. The molecule has 0 saturated carbocycles. The standard InChI is InChI=1S/C27H28N4O5/c1-3-5-13-31-25-23(26(33)29-27(31)34)30(4-2)22(28-25)16-35-18-11-12-19-21(14-18)36-15-20(24(19)32)17-9-7-6-8-10-17/h6-12,14-15,22,28H,3-5,13,16H2,1-2H3,(H,29,33,34). The molecule has 0 aliphatic carbocycles. The lowest BCUT2D eigenvalue weighted by Gasteiger charge is -2.24. The highest BCUT2D eigenvalue weighted by molar-refractivity contribution is 5.82. The fourth-order valence-electron chi connectivity index (χ4n) is 4.60. The summed E-state index contributed by atoms with van der Waals surface area (Å²) in [5.74, 6) is 1.05. The van der Waals surface area contributed by atoms with Gasteiger partial charge in [0.25, 0.3) is 5.56 Å². The van der Waals surface area contributed by atoms with Crippen LogP contribution in [0.1, 0.15) is 26.7 Å². The van der Waals surface area contributed by atoms with E-state index >= 15 is 0 Å². The van der Waals surface area contributed by atoms with Gasteiger partial charge in [-0.25, -0.2) is 4.79 Å². The number of benzene rings is 2. The summed E-state index contributed by atoms with van der Waals surface area (Å²) in [7, 11) is 0. The van der Waals surface area contributed by atoms with Crippen molar-refractivity contribution in [2.24, 2.45) is 0 Å². The van der Waals surface area contributed by atoms with Crippen molar-refractivity contribution in [2.75, 3.05) is 23.4 Å². The van der Waals surface area contributed by atoms with Crippen LogP contribution in [0.15, 0.2) is 73.6 Å². The van der Waals surface area contributed by atoms with Crippen LogP contribution >= 0.6 is 0 Å². The van der Waals surface area contributed by atoms with Crippen molar-refractivity contribution in [3.05, 3.63) is 85.9 Å². The highest BCUT2D eigenvalue weighted by atomic mass is 16.5. The molecule has 0 bridgehead atoms. The maximum absolute atomic E-state index is 13.0. The van der Waals surface area contributed by atoms with Gasteiger partial charge in [-0.2, -0.15) is 0 Å². The van der Waals surface area contributed by atoms with E-state index in [0.29, 0.717) is 46.9 Å². The number of aromatic amines is 1. The number of nitrogens with zero attached hydrogens (tertiary/aromatic N) is 2. The van der Waals surface area contributed by atoms with Gasteiger partial charge in [0.2, 0.25) is 0 Å². The SMILES string of the molecule is CCCCn1c2c(c(=O)[nH]c1=O)N(CC)C(COc1ccc3c(=O)c(-c4ccccc4)coc3c1)N2. The van der Waals surface area contributed by atoms with Gasteiger partial charge in [-0.15, -0.1) is 0 Å². The molecule has 9 nitrogen and oxygen atoms in total. The molecule has 1 aliphatic rings. The van der Waals surface area contributed by atoms with Gasteiger partial charge in [-0.05, 0) is 31.0 Å². The molecule has 1 atom stereocenters. The van der Waals surface area contributed by atoms with Crippen LogP contribution in [0.3, 0.4) is 0 Å². The molecule has 186 valence electrons. The smallest absolute Gasteiger partial charge is 0.330 e. The van der Waals surface area contributed by atoms with Gasteiger partial charge < -0.3 is 19.4 Å². The average Bonchev–Trinajstić information content (AvgIpc) is 3.27. The second-order valence-corrected chi connectivity index (χ2v) is 8.72. The van der Waals surface area contributed by atoms with E-state index in [1.165, 1.54) is 6.26 Å². The van der Waals surface area contributed by atoms with Crippen LogP contribution in [0.25, 0.3) is 22.1 Å². The second kappa shape index (κ2) is 9.77. The highest BCUT2D eigenvalue weighted by Crippen LogP contribution is 2.31. The molecule has 9 heteroatoms. The van der Waals surface area contributed by atoms with Crippen molar-refractivity contribution < 1.29 is 9.15 Å². The maximum atomic E-state index is 13.0. The molecule has 3 heterocycles. The first kappa shape index (κ1) is 23.5. The predicted molar refractivity (Wildman–Crippen MR) is 140 cm³/mol. The average molecular weight is 489 g/mol. The Balaban J connectivity index is 1.38. The molecular formula is C27H28N4O5. The monoisotopic (exact) mass is 488 g/mol. The summed E-state index contributed by atoms with van der Waals surface area (Å²) in [6, 6.07) is 14.5. The van der Waals surface area contributed by atoms with Gasteiger partial charge in [0.1, 0.15) is 41.9 Å². The molecule has 1 aliphatic heterocycles. The van der Waals surface area contributed by atoms with Crippen LogP contribution in [0.2, 0.25) is 0 Å². The Morgan fingerprint density at radius 2 is 1.86 bits per heavy atom. The van der Waals surface area contributed by atoms with Crippen LogP contribution in [0.4, 0.5) is 11.5 Å². The van der Waals surface area contributed by atoms with Crippen molar-refractivity contribution in [3.8, 4) is 16.9 Å². The number of H-pyrrole nitrogens is 1. The van der Waals surface area contributed by atoms with Crippen molar-refractivity contribution in [1.82, 2.24) is 9.55 Å². The van der Waals surface area contributed by atoms with Gasteiger partial charge in [0, 0.05) is 19.2 Å². The summed E-state index contributed by atoms with van der Waals surface area (Å²) in [6.45, 7) is 5.27. The molecule has 0 radical (unpaired) electrons. The van der Waals surface area contributed by atoms with Gasteiger partial charge in [-0.1, -0.05) is 43.7 Å². The molecule has 2 aromatic carbocycles. The number of nitrogens with one attached hydrogen (secondary N) is 2. The second-order valence-electron chi connectivity index (χ2n) is 8.72. The van der Waals surface area contributed by atoms with E-state index in [4.69, 9.17) is 9.15 Å². The van der Waals surface area contributed by atoms with Gasteiger partial charge >= 0.3 is 5.69 Å². The highest BCUT2D eigenvalue weighted by Gasteiger charge is 2.33. The molecule has 1 unspecified atom stereocenters. The molecule has 2 aromatic heterocycles. The third-order valence-corrected chi connectivity index (χ3v) is 6.46. The van der Waals surface area contributed by atoms with Crippen LogP contribution < -0.4 is 31.6 Å². The Bertz CT molecular complexity index is 1570. The number of likely N-dealkylation sites (N-methyl/N-ethyl adjacent to an activating group) is 1. The largest absolute Gasteiger partial charge is 0.489 e. The maximum Gasteiger partial charge on any atom is 0.330 e. The number of hydrogen-bond donors (Lipinski definition) is 2. The zero-order valence-corrected chi connectivity index (χ0v) is 20.2. The summed E-state index contributed by atoms with van der Waals surface area (Å²) in [5, 5.41) is 3.78. The Morgan fingerprint density at radius 3 is 2.61 bits per heavy atom. The van der Waals surface area contributed by atoms with Crippen molar-refractivity contribution in [3.63, 3.8) is 0 Å². The Hall–Kier alpha value is -4.27. The number of fused-ring (bicyclic) bond motifs is 2. The normalized spacial score (nSPS) is 14.6. The number of unbranched alkanes of at least 4 members (excludes halogenated alkanes) is 1. The van der Waals surface area contributed by atoms with E-state index in [0.717, 1.165) is 18.4 Å². The Labute approximate surface area is 207 Å². The van der Waals surface area contributed by atoms with E-state index < -0.39 is 11.2 Å². The van der Waals surface area contributed by atoms with E-state index in [2.05, 4.69) is 10.3 Å². The number of rotatable bonds is 8. The van der Waals surface area contributed by atoms with Crippen LogP contribution in [0.5, 0.6) is 5.75 Å². The predicted octanol–water partition coefficient (Wildman–Crippen LogP) is 3.77. The first-order valence-corrected chi connectivity index (χ1v) is 12.2. The van der Waals surface area contributed by atoms with Crippen molar-refractivity contribution in [1.29, 1.82) is 0 Å². The Kier molecular flexibility index (Phi) is 6.37. The number of aromatic nitrogens is 2. The zero-order chi connectivity index (χ0) is 25.2. The van der Waals surface area contributed by atoms with Crippen LogP contribution in [0, 0.1) is 0 Å². The minimum Gasteiger partial charge on any atom is -0.489 e. The van der Waals surface area contributed by atoms with E-state index in [1.807, 2.05) is 49.1 Å². The first-order valence-electron chi connectivity index (χ1n) is 12.2. The van der Waals surface area contributed by atoms with E-state index in [-0.39, 0.29) is 18.2 Å². The van der Waals surface area contributed by atoms with Gasteiger partial charge in [0.05, 0.1) is 10.9 Å². The summed E-state index contributed by atoms with van der Waals surface area (Å²) in [5.41, 5.74) is 1.23. The minimum absolute atomic E-state index is 0.108. The number of hydrogen-bond acceptors (Lipinski definition) is 7. The molecular weight excluding hydrogens is 460 g/mol. The minimum atomic E-state index is -0.420. The summed E-state index contributed by atoms with van der Waals surface area (Å²) in [4.78, 5) is 42.4. The van der Waals surface area contributed by atoms with E-state index in [9.17, 15) is 14.4 Å². The fourth-order valence-corrected chi connectivity index (χ4v) is 4.60. The fraction of sp³-hybridized carbons (Fsp3) is 0.296. The number of anilines is 2.